The van der Waals surface area contributed by atoms with Gasteiger partial charge < -0.3 is 14.4 Å². The molecule has 1 aliphatic heterocycles. The maximum absolute atomic E-state index is 11.3. The third-order valence-corrected chi connectivity index (χ3v) is 3.94. The summed E-state index contributed by atoms with van der Waals surface area (Å²) in [5.41, 5.74) is 0. The second kappa shape index (κ2) is 5.49. The lowest BCUT2D eigenvalue weighted by Crippen LogP contribution is -2.41. The Hall–Kier alpha value is -2.10. The monoisotopic (exact) mass is 270 g/mol. The fraction of sp³-hybridized carbons (Fsp3) is 0.375. The number of piperidine rings is 1. The van der Waals surface area contributed by atoms with E-state index in [0.717, 1.165) is 54.4 Å². The molecular formula is C16H18N2O2. The van der Waals surface area contributed by atoms with E-state index in [0.29, 0.717) is 0 Å². The fourth-order valence-electron chi connectivity index (χ4n) is 2.93. The number of fused-ring (bicyclic) bond motifs is 1. The maximum atomic E-state index is 11.3. The summed E-state index contributed by atoms with van der Waals surface area (Å²) < 4.78 is 5.41. The van der Waals surface area contributed by atoms with Crippen molar-refractivity contribution in [1.82, 2.24) is 4.98 Å². The zero-order chi connectivity index (χ0) is 13.9. The second-order valence-corrected chi connectivity index (χ2v) is 5.08. The van der Waals surface area contributed by atoms with Gasteiger partial charge in [0.25, 0.3) is 0 Å². The Morgan fingerprint density at radius 3 is 3.00 bits per heavy atom. The first-order valence-corrected chi connectivity index (χ1v) is 6.99. The van der Waals surface area contributed by atoms with Crippen LogP contribution in [-0.4, -0.2) is 31.0 Å². The van der Waals surface area contributed by atoms with Crippen LogP contribution >= 0.6 is 0 Å². The molecule has 1 atom stereocenters. The van der Waals surface area contributed by atoms with Crippen molar-refractivity contribution < 1.29 is 9.53 Å². The van der Waals surface area contributed by atoms with Gasteiger partial charge in [-0.25, -0.2) is 4.98 Å². The van der Waals surface area contributed by atoms with Crippen LogP contribution in [0.2, 0.25) is 0 Å². The van der Waals surface area contributed by atoms with E-state index in [1.54, 1.807) is 13.3 Å². The van der Waals surface area contributed by atoms with Crippen LogP contribution in [0.3, 0.4) is 0 Å². The van der Waals surface area contributed by atoms with Crippen LogP contribution in [0.25, 0.3) is 10.8 Å². The highest BCUT2D eigenvalue weighted by Gasteiger charge is 2.24. The van der Waals surface area contributed by atoms with Crippen LogP contribution in [0.5, 0.6) is 5.75 Å². The molecule has 0 spiro atoms. The number of pyridine rings is 1. The average molecular weight is 270 g/mol. The lowest BCUT2D eigenvalue weighted by atomic mass is 10.0. The number of methoxy groups -OCH3 is 1. The van der Waals surface area contributed by atoms with Crippen LogP contribution in [0.1, 0.15) is 19.3 Å². The zero-order valence-corrected chi connectivity index (χ0v) is 11.6. The van der Waals surface area contributed by atoms with E-state index in [9.17, 15) is 4.79 Å². The summed E-state index contributed by atoms with van der Waals surface area (Å²) in [4.78, 5) is 17.9. The topological polar surface area (TPSA) is 42.4 Å². The number of benzene rings is 1. The predicted octanol–water partition coefficient (Wildman–Crippen LogP) is 2.80. The summed E-state index contributed by atoms with van der Waals surface area (Å²) in [5.74, 6) is 1.73. The molecule has 0 bridgehead atoms. The molecule has 0 aliphatic carbocycles. The predicted molar refractivity (Wildman–Crippen MR) is 79.3 cm³/mol. The summed E-state index contributed by atoms with van der Waals surface area (Å²) in [5, 5.41) is 2.08. The highest BCUT2D eigenvalue weighted by Crippen LogP contribution is 2.33. The largest absolute Gasteiger partial charge is 0.496 e. The van der Waals surface area contributed by atoms with E-state index in [-0.39, 0.29) is 6.04 Å². The van der Waals surface area contributed by atoms with Crippen molar-refractivity contribution in [1.29, 1.82) is 0 Å². The van der Waals surface area contributed by atoms with Gasteiger partial charge in [-0.1, -0.05) is 12.1 Å². The zero-order valence-electron chi connectivity index (χ0n) is 11.6. The van der Waals surface area contributed by atoms with E-state index < -0.39 is 0 Å². The molecule has 1 aromatic heterocycles. The molecule has 20 heavy (non-hydrogen) atoms. The maximum Gasteiger partial charge on any atom is 0.142 e. The number of hydrogen-bond donors (Lipinski definition) is 0. The smallest absolute Gasteiger partial charge is 0.142 e. The van der Waals surface area contributed by atoms with Gasteiger partial charge in [0.1, 0.15) is 17.9 Å². The van der Waals surface area contributed by atoms with Crippen molar-refractivity contribution in [2.24, 2.45) is 0 Å². The Kier molecular flexibility index (Phi) is 3.54. The molecule has 1 fully saturated rings. The average Bonchev–Trinajstić information content (AvgIpc) is 2.53. The first-order valence-electron chi connectivity index (χ1n) is 6.99. The number of anilines is 1. The molecule has 0 radical (unpaired) electrons. The molecule has 104 valence electrons. The van der Waals surface area contributed by atoms with Crippen LogP contribution in [0.4, 0.5) is 5.82 Å². The van der Waals surface area contributed by atoms with Gasteiger partial charge in [0.2, 0.25) is 0 Å². The first-order chi connectivity index (χ1) is 9.85. The van der Waals surface area contributed by atoms with Gasteiger partial charge in [-0.15, -0.1) is 0 Å². The number of nitrogens with zero attached hydrogens (tertiary/aromatic N) is 2. The summed E-state index contributed by atoms with van der Waals surface area (Å²) >= 11 is 0. The SMILES string of the molecule is COc1cccc2c(N3CCCCC3C=O)nccc12. The molecule has 3 rings (SSSR count). The van der Waals surface area contributed by atoms with Crippen LogP contribution in [-0.2, 0) is 4.79 Å². The molecule has 2 aromatic rings. The lowest BCUT2D eigenvalue weighted by molar-refractivity contribution is -0.109. The minimum atomic E-state index is -0.0620. The molecule has 0 N–H and O–H groups in total. The summed E-state index contributed by atoms with van der Waals surface area (Å²) in [6.07, 6.45) is 5.95. The summed E-state index contributed by atoms with van der Waals surface area (Å²) in [6, 6.07) is 7.84. The molecule has 2 heterocycles. The Morgan fingerprint density at radius 2 is 2.20 bits per heavy atom. The first kappa shape index (κ1) is 12.9. The van der Waals surface area contributed by atoms with Crippen molar-refractivity contribution in [3.63, 3.8) is 0 Å². The molecule has 1 aromatic carbocycles. The van der Waals surface area contributed by atoms with Gasteiger partial charge in [0.05, 0.1) is 13.2 Å². The highest BCUT2D eigenvalue weighted by atomic mass is 16.5. The molecule has 1 unspecified atom stereocenters. The molecule has 4 nitrogen and oxygen atoms in total. The second-order valence-electron chi connectivity index (χ2n) is 5.08. The summed E-state index contributed by atoms with van der Waals surface area (Å²) in [7, 11) is 1.67. The summed E-state index contributed by atoms with van der Waals surface area (Å²) in [6.45, 7) is 0.882. The van der Waals surface area contributed by atoms with Crippen LogP contribution < -0.4 is 9.64 Å². The van der Waals surface area contributed by atoms with Crippen molar-refractivity contribution in [2.45, 2.75) is 25.3 Å². The van der Waals surface area contributed by atoms with Crippen molar-refractivity contribution in [3.8, 4) is 5.75 Å². The third-order valence-electron chi connectivity index (χ3n) is 3.94. The van der Waals surface area contributed by atoms with Gasteiger partial charge in [-0.3, -0.25) is 0 Å². The molecule has 1 aliphatic rings. The minimum absolute atomic E-state index is 0.0620. The van der Waals surface area contributed by atoms with Gasteiger partial charge in [0.15, 0.2) is 0 Å². The number of rotatable bonds is 3. The standard InChI is InChI=1S/C16H18N2O2/c1-20-15-7-4-6-14-13(15)8-9-17-16(14)18-10-3-2-5-12(18)11-19/h4,6-9,11-12H,2-3,5,10H2,1H3. The van der Waals surface area contributed by atoms with Gasteiger partial charge >= 0.3 is 0 Å². The van der Waals surface area contributed by atoms with Gasteiger partial charge in [-0.2, -0.15) is 0 Å². The van der Waals surface area contributed by atoms with E-state index in [1.807, 2.05) is 24.3 Å². The molecular weight excluding hydrogens is 252 g/mol. The Labute approximate surface area is 118 Å². The third kappa shape index (κ3) is 2.11. The Bertz CT molecular complexity index is 627. The Balaban J connectivity index is 2.13. The number of aldehydes is 1. The van der Waals surface area contributed by atoms with Crippen molar-refractivity contribution >= 4 is 22.9 Å². The molecule has 0 amide bonds. The van der Waals surface area contributed by atoms with E-state index in [2.05, 4.69) is 9.88 Å². The number of carbonyl (C=O) groups is 1. The Morgan fingerprint density at radius 1 is 1.30 bits per heavy atom. The van der Waals surface area contributed by atoms with E-state index in [4.69, 9.17) is 4.74 Å². The normalized spacial score (nSPS) is 19.1. The quantitative estimate of drug-likeness (QED) is 0.804. The van der Waals surface area contributed by atoms with Crippen molar-refractivity contribution in [3.05, 3.63) is 30.5 Å². The van der Waals surface area contributed by atoms with E-state index >= 15 is 0 Å². The van der Waals surface area contributed by atoms with Crippen molar-refractivity contribution in [2.75, 3.05) is 18.6 Å². The van der Waals surface area contributed by atoms with Crippen LogP contribution in [0, 0.1) is 0 Å². The number of carbonyl (C=O) groups excluding carboxylic acids is 1. The molecule has 4 heteroatoms. The molecule has 0 saturated carbocycles. The highest BCUT2D eigenvalue weighted by molar-refractivity contribution is 5.96. The van der Waals surface area contributed by atoms with Gasteiger partial charge in [-0.05, 0) is 31.4 Å². The van der Waals surface area contributed by atoms with Crippen LogP contribution in [0.15, 0.2) is 30.5 Å². The number of ether oxygens (including phenoxy) is 1. The lowest BCUT2D eigenvalue weighted by Gasteiger charge is -2.34. The van der Waals surface area contributed by atoms with E-state index in [1.165, 1.54) is 0 Å². The minimum Gasteiger partial charge on any atom is -0.496 e. The fourth-order valence-corrected chi connectivity index (χ4v) is 2.93. The number of aromatic nitrogens is 1. The van der Waals surface area contributed by atoms with Gasteiger partial charge in [0, 0.05) is 23.5 Å². The molecule has 1 saturated heterocycles. The number of hydrogen-bond acceptors (Lipinski definition) is 4.